The summed E-state index contributed by atoms with van der Waals surface area (Å²) in [5.41, 5.74) is 2.11. The minimum Gasteiger partial charge on any atom is -0.380 e. The molecule has 80 valence electrons. The minimum atomic E-state index is 0.855. The van der Waals surface area contributed by atoms with E-state index in [-0.39, 0.29) is 0 Å². The zero-order valence-corrected chi connectivity index (χ0v) is 9.01. The van der Waals surface area contributed by atoms with Gasteiger partial charge in [0.25, 0.3) is 0 Å². The zero-order valence-electron chi connectivity index (χ0n) is 9.01. The molecule has 0 amide bonds. The van der Waals surface area contributed by atoms with E-state index < -0.39 is 0 Å². The Bertz CT molecular complexity index is 415. The van der Waals surface area contributed by atoms with Gasteiger partial charge in [0, 0.05) is 32.2 Å². The maximum absolute atomic E-state index is 4.26. The fourth-order valence-electron chi connectivity index (χ4n) is 1.51. The molecule has 0 fully saturated rings. The molecule has 0 bridgehead atoms. The van der Waals surface area contributed by atoms with Crippen molar-refractivity contribution in [3.8, 4) is 0 Å². The fraction of sp³-hybridized carbons (Fsp3) is 0.400. The van der Waals surface area contributed by atoms with Crippen molar-refractivity contribution in [1.82, 2.24) is 19.6 Å². The Morgan fingerprint density at radius 2 is 2.33 bits per heavy atom. The lowest BCUT2D eigenvalue weighted by molar-refractivity contribution is 0.637. The third-order valence-electron chi connectivity index (χ3n) is 2.23. The van der Waals surface area contributed by atoms with E-state index in [0.29, 0.717) is 0 Å². The summed E-state index contributed by atoms with van der Waals surface area (Å²) >= 11 is 0. The van der Waals surface area contributed by atoms with Gasteiger partial charge < -0.3 is 5.32 Å². The first kappa shape index (κ1) is 9.76. The van der Waals surface area contributed by atoms with E-state index in [9.17, 15) is 0 Å². The molecular weight excluding hydrogens is 190 g/mol. The predicted molar refractivity (Wildman–Crippen MR) is 58.7 cm³/mol. The summed E-state index contributed by atoms with van der Waals surface area (Å²) in [6.45, 7) is 3.71. The molecule has 0 atom stereocenters. The zero-order chi connectivity index (χ0) is 10.7. The first-order chi connectivity index (χ1) is 7.25. The monoisotopic (exact) mass is 205 g/mol. The Morgan fingerprint density at radius 3 is 2.93 bits per heavy atom. The molecule has 1 N–H and O–H groups in total. The number of hydrogen-bond donors (Lipinski definition) is 1. The van der Waals surface area contributed by atoms with Crippen LogP contribution in [0.2, 0.25) is 0 Å². The molecule has 2 aromatic rings. The van der Waals surface area contributed by atoms with Crippen LogP contribution in [0.1, 0.15) is 5.69 Å². The second-order valence-electron chi connectivity index (χ2n) is 3.50. The van der Waals surface area contributed by atoms with Crippen LogP contribution >= 0.6 is 0 Å². The van der Waals surface area contributed by atoms with Gasteiger partial charge >= 0.3 is 0 Å². The van der Waals surface area contributed by atoms with Crippen LogP contribution in [0, 0.1) is 6.92 Å². The normalized spacial score (nSPS) is 10.5. The van der Waals surface area contributed by atoms with Crippen molar-refractivity contribution in [3.05, 3.63) is 30.4 Å². The molecule has 0 saturated heterocycles. The van der Waals surface area contributed by atoms with Crippen LogP contribution in [-0.4, -0.2) is 26.1 Å². The van der Waals surface area contributed by atoms with Gasteiger partial charge in [0.05, 0.1) is 17.9 Å². The smallest absolute Gasteiger partial charge is 0.0824 e. The van der Waals surface area contributed by atoms with Crippen LogP contribution in [0.15, 0.2) is 24.7 Å². The van der Waals surface area contributed by atoms with Gasteiger partial charge in [-0.05, 0) is 13.0 Å². The summed E-state index contributed by atoms with van der Waals surface area (Å²) in [5, 5.41) is 11.7. The van der Waals surface area contributed by atoms with Crippen molar-refractivity contribution in [2.75, 3.05) is 11.9 Å². The SMILES string of the molecule is Cc1nn(C)cc1NCCn1cccn1. The highest BCUT2D eigenvalue weighted by Gasteiger charge is 2.01. The third-order valence-corrected chi connectivity index (χ3v) is 2.23. The third kappa shape index (κ3) is 2.37. The molecule has 0 aromatic carbocycles. The summed E-state index contributed by atoms with van der Waals surface area (Å²) in [7, 11) is 1.92. The Morgan fingerprint density at radius 1 is 1.47 bits per heavy atom. The summed E-state index contributed by atoms with van der Waals surface area (Å²) < 4.78 is 3.71. The second-order valence-corrected chi connectivity index (χ2v) is 3.50. The van der Waals surface area contributed by atoms with E-state index in [4.69, 9.17) is 0 Å². The van der Waals surface area contributed by atoms with Gasteiger partial charge in [-0.3, -0.25) is 9.36 Å². The molecule has 0 saturated carbocycles. The number of nitrogens with zero attached hydrogens (tertiary/aromatic N) is 4. The van der Waals surface area contributed by atoms with Crippen LogP contribution in [0.25, 0.3) is 0 Å². The van der Waals surface area contributed by atoms with Gasteiger partial charge in [-0.1, -0.05) is 0 Å². The van der Waals surface area contributed by atoms with Gasteiger partial charge in [-0.15, -0.1) is 0 Å². The lowest BCUT2D eigenvalue weighted by Gasteiger charge is -2.04. The summed E-state index contributed by atoms with van der Waals surface area (Å²) in [6.07, 6.45) is 5.73. The van der Waals surface area contributed by atoms with Crippen LogP contribution in [-0.2, 0) is 13.6 Å². The molecule has 2 aromatic heterocycles. The Labute approximate surface area is 88.7 Å². The standard InChI is InChI=1S/C10H15N5/c1-9-10(8-14(2)13-9)11-5-7-15-6-3-4-12-15/h3-4,6,8,11H,5,7H2,1-2H3. The van der Waals surface area contributed by atoms with Gasteiger partial charge in [-0.2, -0.15) is 10.2 Å². The van der Waals surface area contributed by atoms with Crippen molar-refractivity contribution in [3.63, 3.8) is 0 Å². The number of aromatic nitrogens is 4. The van der Waals surface area contributed by atoms with Crippen molar-refractivity contribution < 1.29 is 0 Å². The molecule has 0 unspecified atom stereocenters. The maximum Gasteiger partial charge on any atom is 0.0824 e. The van der Waals surface area contributed by atoms with Crippen LogP contribution < -0.4 is 5.32 Å². The van der Waals surface area contributed by atoms with E-state index in [0.717, 1.165) is 24.5 Å². The van der Waals surface area contributed by atoms with Gasteiger partial charge in [0.2, 0.25) is 0 Å². The Balaban J connectivity index is 1.86. The molecule has 2 rings (SSSR count). The summed E-state index contributed by atoms with van der Waals surface area (Å²) in [5.74, 6) is 0. The lowest BCUT2D eigenvalue weighted by Crippen LogP contribution is -2.10. The van der Waals surface area contributed by atoms with Crippen molar-refractivity contribution >= 4 is 5.69 Å². The number of hydrogen-bond acceptors (Lipinski definition) is 3. The van der Waals surface area contributed by atoms with Crippen molar-refractivity contribution in [2.24, 2.45) is 7.05 Å². The van der Waals surface area contributed by atoms with Crippen LogP contribution in [0.3, 0.4) is 0 Å². The van der Waals surface area contributed by atoms with Gasteiger partial charge in [0.1, 0.15) is 0 Å². The summed E-state index contributed by atoms with van der Waals surface area (Å²) in [4.78, 5) is 0. The van der Waals surface area contributed by atoms with E-state index >= 15 is 0 Å². The largest absolute Gasteiger partial charge is 0.380 e. The summed E-state index contributed by atoms with van der Waals surface area (Å²) in [6, 6.07) is 1.93. The first-order valence-electron chi connectivity index (χ1n) is 4.97. The van der Waals surface area contributed by atoms with Crippen molar-refractivity contribution in [1.29, 1.82) is 0 Å². The van der Waals surface area contributed by atoms with E-state index in [1.54, 1.807) is 6.20 Å². The average Bonchev–Trinajstić information content (AvgIpc) is 2.77. The molecule has 0 aliphatic carbocycles. The quantitative estimate of drug-likeness (QED) is 0.811. The van der Waals surface area contributed by atoms with E-state index in [1.165, 1.54) is 0 Å². The molecule has 0 aliphatic heterocycles. The highest BCUT2D eigenvalue weighted by Crippen LogP contribution is 2.10. The highest BCUT2D eigenvalue weighted by molar-refractivity contribution is 5.45. The molecule has 2 heterocycles. The number of aryl methyl sites for hydroxylation is 2. The van der Waals surface area contributed by atoms with Gasteiger partial charge in [0.15, 0.2) is 0 Å². The number of rotatable bonds is 4. The second kappa shape index (κ2) is 4.16. The fourth-order valence-corrected chi connectivity index (χ4v) is 1.51. The lowest BCUT2D eigenvalue weighted by atomic mass is 10.4. The average molecular weight is 205 g/mol. The molecule has 0 radical (unpaired) electrons. The molecule has 5 heteroatoms. The van der Waals surface area contributed by atoms with Crippen LogP contribution in [0.5, 0.6) is 0 Å². The molecule has 0 spiro atoms. The first-order valence-corrected chi connectivity index (χ1v) is 4.97. The molecular formula is C10H15N5. The maximum atomic E-state index is 4.26. The minimum absolute atomic E-state index is 0.855. The molecule has 0 aliphatic rings. The molecule has 5 nitrogen and oxygen atoms in total. The number of anilines is 1. The van der Waals surface area contributed by atoms with Gasteiger partial charge in [-0.25, -0.2) is 0 Å². The highest BCUT2D eigenvalue weighted by atomic mass is 15.3. The van der Waals surface area contributed by atoms with Crippen molar-refractivity contribution in [2.45, 2.75) is 13.5 Å². The number of nitrogens with one attached hydrogen (secondary N) is 1. The molecule has 15 heavy (non-hydrogen) atoms. The Kier molecular flexibility index (Phi) is 2.71. The topological polar surface area (TPSA) is 47.7 Å². The van der Waals surface area contributed by atoms with E-state index in [1.807, 2.05) is 41.8 Å². The Hall–Kier alpha value is -1.78. The van der Waals surface area contributed by atoms with Crippen LogP contribution in [0.4, 0.5) is 5.69 Å². The van der Waals surface area contributed by atoms with E-state index in [2.05, 4.69) is 15.5 Å². The predicted octanol–water partition coefficient (Wildman–Crippen LogP) is 1.04.